The monoisotopic (exact) mass is 338 g/mol. The predicted octanol–water partition coefficient (Wildman–Crippen LogP) is 2.96. The Morgan fingerprint density at radius 2 is 2.00 bits per heavy atom. The molecule has 1 aliphatic heterocycles. The number of nitrogen functional groups attached to an aromatic ring is 1. The second-order valence-corrected chi connectivity index (χ2v) is 6.51. The van der Waals surface area contributed by atoms with E-state index in [1.807, 2.05) is 17.9 Å². The molecule has 0 unspecified atom stereocenters. The van der Waals surface area contributed by atoms with Crippen molar-refractivity contribution in [3.8, 4) is 11.5 Å². The first kappa shape index (κ1) is 15.7. The van der Waals surface area contributed by atoms with Gasteiger partial charge >= 0.3 is 0 Å². The molecule has 0 radical (unpaired) electrons. The van der Waals surface area contributed by atoms with Crippen molar-refractivity contribution in [2.75, 3.05) is 17.2 Å². The van der Waals surface area contributed by atoms with Crippen LogP contribution in [0.15, 0.2) is 18.3 Å². The second kappa shape index (κ2) is 5.34. The van der Waals surface area contributed by atoms with Gasteiger partial charge in [0.1, 0.15) is 5.69 Å². The van der Waals surface area contributed by atoms with Gasteiger partial charge in [0.25, 0.3) is 0 Å². The number of nitrogens with zero attached hydrogens (tertiary/aromatic N) is 3. The number of carbonyl (C=O) groups excluding carboxylic acids is 1. The van der Waals surface area contributed by atoms with Crippen molar-refractivity contribution < 1.29 is 4.79 Å². The van der Waals surface area contributed by atoms with Crippen LogP contribution in [0.2, 0.25) is 0 Å². The van der Waals surface area contributed by atoms with Gasteiger partial charge in [0.05, 0.1) is 34.0 Å². The molecule has 1 aromatic carbocycles. The first-order chi connectivity index (χ1) is 12.1. The van der Waals surface area contributed by atoms with E-state index in [4.69, 9.17) is 5.73 Å². The molecular weight excluding hydrogens is 316 g/mol. The van der Waals surface area contributed by atoms with Crippen LogP contribution in [0, 0.1) is 0 Å². The van der Waals surface area contributed by atoms with Gasteiger partial charge in [0.15, 0.2) is 5.82 Å². The fourth-order valence-corrected chi connectivity index (χ4v) is 3.99. The molecule has 0 atom stereocenters. The molecule has 2 aromatic heterocycles. The zero-order chi connectivity index (χ0) is 17.8. The van der Waals surface area contributed by atoms with Crippen LogP contribution in [0.3, 0.4) is 0 Å². The number of carbonyl (C=O) groups is 1. The molecule has 1 aliphatic rings. The molecule has 25 heavy (non-hydrogen) atoms. The lowest BCUT2D eigenvalue weighted by Gasteiger charge is -2.25. The summed E-state index contributed by atoms with van der Waals surface area (Å²) in [5, 5.41) is 6.82. The topological polar surface area (TPSA) is 104 Å². The second-order valence-electron chi connectivity index (χ2n) is 6.51. The standard InChI is InChI=1S/C18H22N6O/c1-4-18(5-2)10-7-12-13(8-14(10)24(6-3)17(18)25)22-16(21-12)15-11(19)9-20-23-15/h7-9H,4-6,19H2,1-3H3,(H,20,23)(H,21,22). The number of H-pyrrole nitrogens is 2. The molecule has 4 rings (SSSR count). The average Bonchev–Trinajstić information content (AvgIpc) is 3.27. The van der Waals surface area contributed by atoms with E-state index in [0.717, 1.165) is 35.1 Å². The Balaban J connectivity index is 1.94. The maximum Gasteiger partial charge on any atom is 0.237 e. The Bertz CT molecular complexity index is 965. The van der Waals surface area contributed by atoms with Crippen LogP contribution in [0.25, 0.3) is 22.6 Å². The number of aromatic amines is 2. The number of imidazole rings is 1. The van der Waals surface area contributed by atoms with E-state index in [9.17, 15) is 4.79 Å². The smallest absolute Gasteiger partial charge is 0.237 e. The average molecular weight is 338 g/mol. The SMILES string of the molecule is CCN1C(=O)C(CC)(CC)c2cc3[nH]c(-c4[nH]ncc4N)nc3cc21. The minimum absolute atomic E-state index is 0.195. The van der Waals surface area contributed by atoms with Crippen LogP contribution >= 0.6 is 0 Å². The van der Waals surface area contributed by atoms with Crippen LogP contribution in [0.1, 0.15) is 39.2 Å². The molecular formula is C18H22N6O. The quantitative estimate of drug-likeness (QED) is 0.680. The summed E-state index contributed by atoms with van der Waals surface area (Å²) in [4.78, 5) is 22.9. The lowest BCUT2D eigenvalue weighted by Crippen LogP contribution is -2.39. The third kappa shape index (κ3) is 1.95. The zero-order valence-electron chi connectivity index (χ0n) is 14.7. The van der Waals surface area contributed by atoms with Gasteiger partial charge in [0, 0.05) is 6.54 Å². The minimum Gasteiger partial charge on any atom is -0.396 e. The van der Waals surface area contributed by atoms with Crippen molar-refractivity contribution in [1.82, 2.24) is 20.2 Å². The van der Waals surface area contributed by atoms with Gasteiger partial charge < -0.3 is 15.6 Å². The van der Waals surface area contributed by atoms with Crippen LogP contribution in [-0.2, 0) is 10.2 Å². The molecule has 3 aromatic rings. The number of benzene rings is 1. The third-order valence-electron chi connectivity index (χ3n) is 5.49. The number of nitrogens with one attached hydrogen (secondary N) is 2. The molecule has 0 saturated heterocycles. The van der Waals surface area contributed by atoms with Crippen molar-refractivity contribution in [2.45, 2.75) is 39.0 Å². The highest BCUT2D eigenvalue weighted by molar-refractivity contribution is 6.10. The van der Waals surface area contributed by atoms with E-state index in [1.54, 1.807) is 6.20 Å². The van der Waals surface area contributed by atoms with Gasteiger partial charge in [-0.15, -0.1) is 0 Å². The maximum absolute atomic E-state index is 13.0. The van der Waals surface area contributed by atoms with Gasteiger partial charge in [-0.05, 0) is 37.5 Å². The number of aromatic nitrogens is 4. The molecule has 0 bridgehead atoms. The van der Waals surface area contributed by atoms with Gasteiger partial charge in [-0.3, -0.25) is 9.89 Å². The Kier molecular flexibility index (Phi) is 3.35. The van der Waals surface area contributed by atoms with Gasteiger partial charge in [-0.1, -0.05) is 13.8 Å². The van der Waals surface area contributed by atoms with Crippen LogP contribution < -0.4 is 10.6 Å². The van der Waals surface area contributed by atoms with Crippen LogP contribution in [0.4, 0.5) is 11.4 Å². The van der Waals surface area contributed by atoms with E-state index < -0.39 is 5.41 Å². The molecule has 4 N–H and O–H groups in total. The maximum atomic E-state index is 13.0. The van der Waals surface area contributed by atoms with E-state index in [-0.39, 0.29) is 5.91 Å². The molecule has 0 fully saturated rings. The highest BCUT2D eigenvalue weighted by Crippen LogP contribution is 2.47. The Morgan fingerprint density at radius 1 is 1.24 bits per heavy atom. The number of rotatable bonds is 4. The van der Waals surface area contributed by atoms with Crippen molar-refractivity contribution in [3.05, 3.63) is 23.9 Å². The van der Waals surface area contributed by atoms with Gasteiger partial charge in [-0.25, -0.2) is 4.98 Å². The Hall–Kier alpha value is -2.83. The van der Waals surface area contributed by atoms with E-state index in [0.29, 0.717) is 23.8 Å². The summed E-state index contributed by atoms with van der Waals surface area (Å²) in [7, 11) is 0. The highest BCUT2D eigenvalue weighted by atomic mass is 16.2. The number of hydrogen-bond acceptors (Lipinski definition) is 4. The lowest BCUT2D eigenvalue weighted by molar-refractivity contribution is -0.123. The van der Waals surface area contributed by atoms with Gasteiger partial charge in [0.2, 0.25) is 5.91 Å². The summed E-state index contributed by atoms with van der Waals surface area (Å²) in [6.07, 6.45) is 3.14. The van der Waals surface area contributed by atoms with Crippen molar-refractivity contribution in [1.29, 1.82) is 0 Å². The fraction of sp³-hybridized carbons (Fsp3) is 0.389. The normalized spacial score (nSPS) is 16.0. The molecule has 0 aliphatic carbocycles. The lowest BCUT2D eigenvalue weighted by atomic mass is 9.77. The molecule has 7 heteroatoms. The molecule has 130 valence electrons. The molecule has 3 heterocycles. The molecule has 0 spiro atoms. The zero-order valence-corrected chi connectivity index (χ0v) is 14.7. The van der Waals surface area contributed by atoms with E-state index in [2.05, 4.69) is 40.1 Å². The number of likely N-dealkylation sites (N-methyl/N-ethyl adjacent to an activating group) is 1. The summed E-state index contributed by atoms with van der Waals surface area (Å²) in [6.45, 7) is 6.83. The number of hydrogen-bond donors (Lipinski definition) is 3. The Morgan fingerprint density at radius 3 is 2.60 bits per heavy atom. The van der Waals surface area contributed by atoms with Crippen molar-refractivity contribution in [2.24, 2.45) is 0 Å². The summed E-state index contributed by atoms with van der Waals surface area (Å²) in [6, 6.07) is 4.08. The van der Waals surface area contributed by atoms with Crippen molar-refractivity contribution in [3.63, 3.8) is 0 Å². The number of anilines is 2. The molecule has 1 amide bonds. The first-order valence-corrected chi connectivity index (χ1v) is 8.71. The number of amides is 1. The van der Waals surface area contributed by atoms with E-state index in [1.165, 1.54) is 0 Å². The van der Waals surface area contributed by atoms with Crippen molar-refractivity contribution >= 4 is 28.3 Å². The fourth-order valence-electron chi connectivity index (χ4n) is 3.99. The largest absolute Gasteiger partial charge is 0.396 e. The molecule has 0 saturated carbocycles. The predicted molar refractivity (Wildman–Crippen MR) is 98.4 cm³/mol. The van der Waals surface area contributed by atoms with Gasteiger partial charge in [-0.2, -0.15) is 5.10 Å². The summed E-state index contributed by atoms with van der Waals surface area (Å²) in [5.41, 5.74) is 10.5. The number of nitrogens with two attached hydrogens (primary N) is 1. The first-order valence-electron chi connectivity index (χ1n) is 8.71. The minimum atomic E-state index is -0.447. The Labute approximate surface area is 145 Å². The number of fused-ring (bicyclic) bond motifs is 2. The summed E-state index contributed by atoms with van der Waals surface area (Å²) in [5.74, 6) is 0.849. The van der Waals surface area contributed by atoms with Crippen LogP contribution in [-0.4, -0.2) is 32.6 Å². The molecule has 7 nitrogen and oxygen atoms in total. The summed E-state index contributed by atoms with van der Waals surface area (Å²) < 4.78 is 0. The van der Waals surface area contributed by atoms with Crippen LogP contribution in [0.5, 0.6) is 0 Å². The third-order valence-corrected chi connectivity index (χ3v) is 5.49. The highest BCUT2D eigenvalue weighted by Gasteiger charge is 2.48. The summed E-state index contributed by atoms with van der Waals surface area (Å²) >= 11 is 0. The van der Waals surface area contributed by atoms with E-state index >= 15 is 0 Å².